The van der Waals surface area contributed by atoms with Crippen molar-refractivity contribution in [3.8, 4) is 22.7 Å². The lowest BCUT2D eigenvalue weighted by atomic mass is 10.1. The van der Waals surface area contributed by atoms with E-state index in [0.717, 1.165) is 22.7 Å². The van der Waals surface area contributed by atoms with Crippen LogP contribution in [-0.4, -0.2) is 18.3 Å². The molecule has 4 heterocycles. The molecule has 0 radical (unpaired) electrons. The fraction of sp³-hybridized carbons (Fsp3) is 0. The molecule has 5 heteroatoms. The maximum absolute atomic E-state index is 2.43. The van der Waals surface area contributed by atoms with Gasteiger partial charge in [-0.25, -0.2) is 0 Å². The topological polar surface area (TPSA) is 19.7 Å². The van der Waals surface area contributed by atoms with Crippen molar-refractivity contribution in [2.45, 2.75) is 9.79 Å². The molecule has 12 aromatic rings. The first-order valence-corrected chi connectivity index (χ1v) is 20.2. The van der Waals surface area contributed by atoms with Gasteiger partial charge in [0.15, 0.2) is 0 Å². The molecule has 0 spiro atoms. The molecule has 0 saturated heterocycles. The molecular weight excluding hydrogens is 713 g/mol. The Hall–Kier alpha value is -7.21. The first kappa shape index (κ1) is 32.1. The van der Waals surface area contributed by atoms with Gasteiger partial charge in [0, 0.05) is 64.9 Å². The normalized spacial score (nSPS) is 11.9. The fourth-order valence-corrected chi connectivity index (χ4v) is 9.87. The third kappa shape index (κ3) is 4.82. The molecule has 0 fully saturated rings. The maximum atomic E-state index is 2.43. The van der Waals surface area contributed by atoms with Crippen LogP contribution in [0.5, 0.6) is 0 Å². The minimum Gasteiger partial charge on any atom is -0.295 e. The zero-order valence-electron chi connectivity index (χ0n) is 30.8. The van der Waals surface area contributed by atoms with Crippen LogP contribution < -0.4 is 0 Å². The van der Waals surface area contributed by atoms with Gasteiger partial charge in [-0.1, -0.05) is 121 Å². The minimum atomic E-state index is 1.14. The van der Waals surface area contributed by atoms with Crippen LogP contribution in [0.2, 0.25) is 0 Å². The largest absolute Gasteiger partial charge is 0.295 e. The number of nitrogens with zero attached hydrogens (tertiary/aromatic N) is 4. The van der Waals surface area contributed by atoms with Crippen LogP contribution in [-0.2, 0) is 0 Å². The van der Waals surface area contributed by atoms with E-state index in [4.69, 9.17) is 0 Å². The molecule has 0 aliphatic carbocycles. The molecule has 0 saturated carbocycles. The lowest BCUT2D eigenvalue weighted by Crippen LogP contribution is -2.01. The summed E-state index contributed by atoms with van der Waals surface area (Å²) in [4.78, 5) is 2.39. The van der Waals surface area contributed by atoms with Crippen molar-refractivity contribution in [1.29, 1.82) is 0 Å². The second kappa shape index (κ2) is 12.7. The lowest BCUT2D eigenvalue weighted by Gasteiger charge is -2.14. The Balaban J connectivity index is 0.947. The van der Waals surface area contributed by atoms with Crippen LogP contribution in [0.3, 0.4) is 0 Å². The summed E-state index contributed by atoms with van der Waals surface area (Å²) in [5.41, 5.74) is 11.8. The average molecular weight is 747 g/mol. The standard InChI is InChI=1S/C52H34N4S/c1-3-15-35(16-4-1)53-45-23-11-7-19-41(45)49-43-21-9-13-25-47(43)55(51(49)53)37-27-31-39(32-28-37)57-40-33-29-38(30-34-40)56-48-26-14-10-22-44(48)50-42-20-8-12-24-46(42)54(52(50)56)36-17-5-2-6-18-36/h1-34H. The number of rotatable bonds is 6. The van der Waals surface area contributed by atoms with Crippen LogP contribution in [0.4, 0.5) is 0 Å². The number of aromatic nitrogens is 4. The van der Waals surface area contributed by atoms with Crippen molar-refractivity contribution < 1.29 is 0 Å². The van der Waals surface area contributed by atoms with E-state index in [2.05, 4.69) is 225 Å². The first-order valence-electron chi connectivity index (χ1n) is 19.4. The molecule has 268 valence electrons. The predicted octanol–water partition coefficient (Wildman–Crippen LogP) is 13.9. The van der Waals surface area contributed by atoms with E-state index in [1.54, 1.807) is 11.8 Å². The Morgan fingerprint density at radius 3 is 0.825 bits per heavy atom. The van der Waals surface area contributed by atoms with Crippen molar-refractivity contribution in [3.63, 3.8) is 0 Å². The van der Waals surface area contributed by atoms with Crippen LogP contribution in [0, 0.1) is 0 Å². The smallest absolute Gasteiger partial charge is 0.131 e. The van der Waals surface area contributed by atoms with Crippen molar-refractivity contribution in [1.82, 2.24) is 18.3 Å². The maximum Gasteiger partial charge on any atom is 0.131 e. The Labute approximate surface area is 333 Å². The molecule has 0 N–H and O–H groups in total. The highest BCUT2D eigenvalue weighted by Crippen LogP contribution is 2.43. The van der Waals surface area contributed by atoms with Crippen LogP contribution >= 0.6 is 11.8 Å². The van der Waals surface area contributed by atoms with E-state index in [1.165, 1.54) is 75.5 Å². The molecule has 8 aromatic carbocycles. The van der Waals surface area contributed by atoms with Gasteiger partial charge in [0.25, 0.3) is 0 Å². The van der Waals surface area contributed by atoms with E-state index >= 15 is 0 Å². The molecule has 57 heavy (non-hydrogen) atoms. The zero-order chi connectivity index (χ0) is 37.5. The highest BCUT2D eigenvalue weighted by molar-refractivity contribution is 7.99. The van der Waals surface area contributed by atoms with Crippen molar-refractivity contribution in [2.24, 2.45) is 0 Å². The Kier molecular flexibility index (Phi) is 7.13. The SMILES string of the molecule is c1ccc(-n2c3ccccc3c3c4ccccc4n(-c4ccc(Sc5ccc(-n6c7ccccc7c7c8ccccc8n(-c8ccccc8)c76)cc5)cc4)c32)cc1. The highest BCUT2D eigenvalue weighted by Gasteiger charge is 2.23. The van der Waals surface area contributed by atoms with Gasteiger partial charge in [-0.2, -0.15) is 0 Å². The predicted molar refractivity (Wildman–Crippen MR) is 239 cm³/mol. The fourth-order valence-electron chi connectivity index (χ4n) is 9.06. The summed E-state index contributed by atoms with van der Waals surface area (Å²) in [7, 11) is 0. The lowest BCUT2D eigenvalue weighted by molar-refractivity contribution is 1.06. The average Bonchev–Trinajstić information content (AvgIpc) is 4.00. The second-order valence-corrected chi connectivity index (χ2v) is 15.7. The highest BCUT2D eigenvalue weighted by atomic mass is 32.2. The molecule has 4 aromatic heterocycles. The van der Waals surface area contributed by atoms with Crippen molar-refractivity contribution >= 4 is 77.4 Å². The molecule has 0 aliphatic rings. The van der Waals surface area contributed by atoms with Crippen LogP contribution in [0.15, 0.2) is 216 Å². The molecular formula is C52H34N4S. The monoisotopic (exact) mass is 746 g/mol. The summed E-state index contributed by atoms with van der Waals surface area (Å²) in [6, 6.07) is 74.6. The molecule has 12 rings (SSSR count). The van der Waals surface area contributed by atoms with Gasteiger partial charge in [0.2, 0.25) is 0 Å². The molecule has 0 atom stereocenters. The third-order valence-corrected chi connectivity index (χ3v) is 12.4. The number of para-hydroxylation sites is 6. The number of hydrogen-bond donors (Lipinski definition) is 0. The minimum absolute atomic E-state index is 1.14. The molecule has 0 bridgehead atoms. The van der Waals surface area contributed by atoms with Gasteiger partial charge >= 0.3 is 0 Å². The molecule has 0 amide bonds. The summed E-state index contributed by atoms with van der Waals surface area (Å²) in [6.07, 6.45) is 0. The number of benzene rings is 8. The van der Waals surface area contributed by atoms with Crippen LogP contribution in [0.1, 0.15) is 0 Å². The Morgan fingerprint density at radius 2 is 0.509 bits per heavy atom. The van der Waals surface area contributed by atoms with Gasteiger partial charge in [-0.3, -0.25) is 18.3 Å². The van der Waals surface area contributed by atoms with E-state index in [-0.39, 0.29) is 0 Å². The summed E-state index contributed by atoms with van der Waals surface area (Å²) in [5, 5.41) is 7.60. The summed E-state index contributed by atoms with van der Waals surface area (Å²) < 4.78 is 9.68. The molecule has 0 aliphatic heterocycles. The van der Waals surface area contributed by atoms with Gasteiger partial charge in [0.1, 0.15) is 11.3 Å². The van der Waals surface area contributed by atoms with E-state index in [0.29, 0.717) is 0 Å². The zero-order valence-corrected chi connectivity index (χ0v) is 31.6. The third-order valence-electron chi connectivity index (χ3n) is 11.4. The second-order valence-electron chi connectivity index (χ2n) is 14.6. The summed E-state index contributed by atoms with van der Waals surface area (Å²) in [5.74, 6) is 0. The number of fused-ring (bicyclic) bond motifs is 10. The van der Waals surface area contributed by atoms with Gasteiger partial charge in [-0.05, 0) is 97.1 Å². The quantitative estimate of drug-likeness (QED) is 0.166. The van der Waals surface area contributed by atoms with Crippen LogP contribution in [0.25, 0.3) is 88.4 Å². The van der Waals surface area contributed by atoms with E-state index in [9.17, 15) is 0 Å². The summed E-state index contributed by atoms with van der Waals surface area (Å²) >= 11 is 1.79. The van der Waals surface area contributed by atoms with Crippen molar-refractivity contribution in [3.05, 3.63) is 206 Å². The molecule has 4 nitrogen and oxygen atoms in total. The van der Waals surface area contributed by atoms with Gasteiger partial charge < -0.3 is 0 Å². The Morgan fingerprint density at radius 1 is 0.246 bits per heavy atom. The van der Waals surface area contributed by atoms with Crippen molar-refractivity contribution in [2.75, 3.05) is 0 Å². The summed E-state index contributed by atoms with van der Waals surface area (Å²) in [6.45, 7) is 0. The Bertz CT molecular complexity index is 3220. The van der Waals surface area contributed by atoms with Gasteiger partial charge in [-0.15, -0.1) is 0 Å². The number of hydrogen-bond acceptors (Lipinski definition) is 1. The van der Waals surface area contributed by atoms with Gasteiger partial charge in [0.05, 0.1) is 22.1 Å². The molecule has 0 unspecified atom stereocenters. The van der Waals surface area contributed by atoms with E-state index < -0.39 is 0 Å². The van der Waals surface area contributed by atoms with E-state index in [1.807, 2.05) is 0 Å². The first-order chi connectivity index (χ1) is 28.3.